The zero-order valence-electron chi connectivity index (χ0n) is 11.9. The maximum atomic E-state index is 13.6. The summed E-state index contributed by atoms with van der Waals surface area (Å²) in [4.78, 5) is 16.4. The summed E-state index contributed by atoms with van der Waals surface area (Å²) in [5.74, 6) is -0.461. The standard InChI is InChI=1S/C14H15Cl2FN2O2/c1-7(2)13(14(20)21-3)19-11-4-8(16)9(17)5-10(11)18-12(19)6-15/h4-5,7,13H,6H2,1-3H3. The highest BCUT2D eigenvalue weighted by Gasteiger charge is 2.29. The molecule has 4 nitrogen and oxygen atoms in total. The molecule has 1 unspecified atom stereocenters. The van der Waals surface area contributed by atoms with E-state index in [-0.39, 0.29) is 16.8 Å². The molecule has 0 amide bonds. The molecule has 2 aromatic rings. The van der Waals surface area contributed by atoms with E-state index in [1.165, 1.54) is 19.2 Å². The van der Waals surface area contributed by atoms with Gasteiger partial charge in [-0.15, -0.1) is 11.6 Å². The number of hydrogen-bond acceptors (Lipinski definition) is 3. The van der Waals surface area contributed by atoms with E-state index >= 15 is 0 Å². The highest BCUT2D eigenvalue weighted by Crippen LogP contribution is 2.30. The van der Waals surface area contributed by atoms with Gasteiger partial charge in [-0.05, 0) is 12.0 Å². The number of aromatic nitrogens is 2. The van der Waals surface area contributed by atoms with Crippen molar-refractivity contribution in [3.05, 3.63) is 28.8 Å². The number of nitrogens with zero attached hydrogens (tertiary/aromatic N) is 2. The van der Waals surface area contributed by atoms with E-state index in [4.69, 9.17) is 27.9 Å². The van der Waals surface area contributed by atoms with E-state index in [9.17, 15) is 9.18 Å². The second kappa shape index (κ2) is 6.20. The first-order valence-electron chi connectivity index (χ1n) is 6.40. The summed E-state index contributed by atoms with van der Waals surface area (Å²) in [5, 5.41) is -0.0304. The lowest BCUT2D eigenvalue weighted by Gasteiger charge is -2.22. The Morgan fingerprint density at radius 3 is 2.67 bits per heavy atom. The number of carbonyl (C=O) groups is 1. The van der Waals surface area contributed by atoms with Crippen LogP contribution in [0.25, 0.3) is 11.0 Å². The molecular formula is C14H15Cl2FN2O2. The first-order valence-corrected chi connectivity index (χ1v) is 7.31. The first kappa shape index (κ1) is 16.0. The van der Waals surface area contributed by atoms with Crippen molar-refractivity contribution in [1.82, 2.24) is 9.55 Å². The number of halogens is 3. The molecule has 7 heteroatoms. The molecule has 0 aliphatic heterocycles. The van der Waals surface area contributed by atoms with E-state index in [1.54, 1.807) is 4.57 Å². The number of esters is 1. The van der Waals surface area contributed by atoms with Gasteiger partial charge in [0.15, 0.2) is 0 Å². The fraction of sp³-hybridized carbons (Fsp3) is 0.429. The third-order valence-electron chi connectivity index (χ3n) is 3.28. The Kier molecular flexibility index (Phi) is 4.74. The number of carbonyl (C=O) groups excluding carboxylic acids is 1. The third kappa shape index (κ3) is 2.85. The van der Waals surface area contributed by atoms with Crippen molar-refractivity contribution in [2.45, 2.75) is 25.8 Å². The van der Waals surface area contributed by atoms with E-state index in [0.29, 0.717) is 16.9 Å². The number of ether oxygens (including phenoxy) is 1. The van der Waals surface area contributed by atoms with Gasteiger partial charge in [0.05, 0.1) is 29.0 Å². The summed E-state index contributed by atoms with van der Waals surface area (Å²) in [7, 11) is 1.32. The van der Waals surface area contributed by atoms with Crippen LogP contribution < -0.4 is 0 Å². The Hall–Kier alpha value is -1.33. The SMILES string of the molecule is COC(=O)C(C(C)C)n1c(CCl)nc2cc(F)c(Cl)cc21. The summed E-state index contributed by atoms with van der Waals surface area (Å²) in [5.41, 5.74) is 0.961. The molecule has 0 radical (unpaired) electrons. The monoisotopic (exact) mass is 332 g/mol. The highest BCUT2D eigenvalue weighted by atomic mass is 35.5. The van der Waals surface area contributed by atoms with Crippen LogP contribution in [0.5, 0.6) is 0 Å². The lowest BCUT2D eigenvalue weighted by Crippen LogP contribution is -2.27. The number of fused-ring (bicyclic) bond motifs is 1. The van der Waals surface area contributed by atoms with Crippen molar-refractivity contribution >= 4 is 40.2 Å². The van der Waals surface area contributed by atoms with E-state index in [0.717, 1.165) is 0 Å². The van der Waals surface area contributed by atoms with Crippen molar-refractivity contribution in [2.24, 2.45) is 5.92 Å². The Labute approximate surface area is 131 Å². The van der Waals surface area contributed by atoms with Gasteiger partial charge < -0.3 is 9.30 Å². The van der Waals surface area contributed by atoms with Crippen LogP contribution in [-0.4, -0.2) is 22.6 Å². The topological polar surface area (TPSA) is 44.1 Å². The molecule has 1 aromatic carbocycles. The Bertz CT molecular complexity index is 685. The molecule has 0 saturated carbocycles. The maximum Gasteiger partial charge on any atom is 0.329 e. The van der Waals surface area contributed by atoms with Crippen LogP contribution in [0.2, 0.25) is 5.02 Å². The lowest BCUT2D eigenvalue weighted by atomic mass is 10.0. The smallest absolute Gasteiger partial charge is 0.329 e. The number of hydrogen-bond donors (Lipinski definition) is 0. The number of rotatable bonds is 4. The van der Waals surface area contributed by atoms with Gasteiger partial charge in [-0.25, -0.2) is 14.2 Å². The molecule has 114 valence electrons. The zero-order chi connectivity index (χ0) is 15.7. The van der Waals surface area contributed by atoms with Gasteiger partial charge in [-0.3, -0.25) is 0 Å². The summed E-state index contributed by atoms with van der Waals surface area (Å²) in [6.45, 7) is 3.77. The van der Waals surface area contributed by atoms with Crippen LogP contribution in [0.1, 0.15) is 25.7 Å². The Morgan fingerprint density at radius 1 is 1.48 bits per heavy atom. The predicted octanol–water partition coefficient (Wildman–Crippen LogP) is 3.94. The average Bonchev–Trinajstić information content (AvgIpc) is 2.77. The molecule has 1 heterocycles. The van der Waals surface area contributed by atoms with Crippen LogP contribution in [0.15, 0.2) is 12.1 Å². The Morgan fingerprint density at radius 2 is 2.14 bits per heavy atom. The van der Waals surface area contributed by atoms with Crippen LogP contribution in [-0.2, 0) is 15.4 Å². The largest absolute Gasteiger partial charge is 0.467 e. The summed E-state index contributed by atoms with van der Waals surface area (Å²) in [6.07, 6.45) is 0. The summed E-state index contributed by atoms with van der Waals surface area (Å²) < 4.78 is 20.1. The van der Waals surface area contributed by atoms with Gasteiger partial charge in [0.1, 0.15) is 17.7 Å². The van der Waals surface area contributed by atoms with Crippen LogP contribution in [0.3, 0.4) is 0 Å². The van der Waals surface area contributed by atoms with Gasteiger partial charge in [-0.1, -0.05) is 25.4 Å². The minimum absolute atomic E-state index is 0.0304. The van der Waals surface area contributed by atoms with Crippen molar-refractivity contribution in [3.8, 4) is 0 Å². The fourth-order valence-corrected chi connectivity index (χ4v) is 2.69. The number of benzene rings is 1. The van der Waals surface area contributed by atoms with Crippen molar-refractivity contribution in [3.63, 3.8) is 0 Å². The molecule has 1 aromatic heterocycles. The van der Waals surface area contributed by atoms with E-state index in [1.807, 2.05) is 13.8 Å². The lowest BCUT2D eigenvalue weighted by molar-refractivity contribution is -0.145. The summed E-state index contributed by atoms with van der Waals surface area (Å²) in [6, 6.07) is 2.09. The molecule has 2 rings (SSSR count). The maximum absolute atomic E-state index is 13.6. The van der Waals surface area contributed by atoms with Crippen LogP contribution in [0, 0.1) is 11.7 Å². The van der Waals surface area contributed by atoms with Crippen molar-refractivity contribution in [1.29, 1.82) is 0 Å². The minimum atomic E-state index is -0.602. The molecule has 21 heavy (non-hydrogen) atoms. The molecule has 0 fully saturated rings. The van der Waals surface area contributed by atoms with Gasteiger partial charge >= 0.3 is 5.97 Å². The van der Waals surface area contributed by atoms with E-state index in [2.05, 4.69) is 4.98 Å². The molecular weight excluding hydrogens is 318 g/mol. The first-order chi connectivity index (χ1) is 9.90. The summed E-state index contributed by atoms with van der Waals surface area (Å²) >= 11 is 11.8. The zero-order valence-corrected chi connectivity index (χ0v) is 13.4. The number of methoxy groups -OCH3 is 1. The molecule has 0 N–H and O–H groups in total. The average molecular weight is 333 g/mol. The second-order valence-electron chi connectivity index (χ2n) is 5.00. The normalized spacial score (nSPS) is 12.9. The molecule has 0 spiro atoms. The Balaban J connectivity index is 2.75. The molecule has 0 aliphatic rings. The molecule has 1 atom stereocenters. The van der Waals surface area contributed by atoms with Gasteiger partial charge in [0, 0.05) is 6.07 Å². The van der Waals surface area contributed by atoms with Gasteiger partial charge in [0.2, 0.25) is 0 Å². The molecule has 0 bridgehead atoms. The number of alkyl halides is 1. The molecule has 0 aliphatic carbocycles. The quantitative estimate of drug-likeness (QED) is 0.629. The minimum Gasteiger partial charge on any atom is -0.467 e. The van der Waals surface area contributed by atoms with Crippen LogP contribution >= 0.6 is 23.2 Å². The molecule has 0 saturated heterocycles. The second-order valence-corrected chi connectivity index (χ2v) is 5.67. The van der Waals surface area contributed by atoms with Crippen molar-refractivity contribution < 1.29 is 13.9 Å². The van der Waals surface area contributed by atoms with Crippen LogP contribution in [0.4, 0.5) is 4.39 Å². The number of imidazole rings is 1. The fourth-order valence-electron chi connectivity index (χ4n) is 2.34. The highest BCUT2D eigenvalue weighted by molar-refractivity contribution is 6.31. The third-order valence-corrected chi connectivity index (χ3v) is 3.81. The van der Waals surface area contributed by atoms with E-state index < -0.39 is 17.8 Å². The van der Waals surface area contributed by atoms with Gasteiger partial charge in [-0.2, -0.15) is 0 Å². The van der Waals surface area contributed by atoms with Crippen molar-refractivity contribution in [2.75, 3.05) is 7.11 Å². The predicted molar refractivity (Wildman–Crippen MR) is 80.1 cm³/mol. The van der Waals surface area contributed by atoms with Gasteiger partial charge in [0.25, 0.3) is 0 Å².